The molecule has 3 amide bonds. The lowest BCUT2D eigenvalue weighted by atomic mass is 9.92. The predicted octanol–water partition coefficient (Wildman–Crippen LogP) is 1.60. The topological polar surface area (TPSA) is 96.2 Å². The van der Waals surface area contributed by atoms with Crippen molar-refractivity contribution in [3.63, 3.8) is 0 Å². The van der Waals surface area contributed by atoms with Crippen LogP contribution in [-0.4, -0.2) is 25.0 Å². The third-order valence-corrected chi connectivity index (χ3v) is 4.79. The Morgan fingerprint density at radius 2 is 1.87 bits per heavy atom. The molecule has 3 rings (SSSR count). The van der Waals surface area contributed by atoms with Gasteiger partial charge in [-0.25, -0.2) is 4.79 Å². The Morgan fingerprint density at radius 1 is 1.22 bits per heavy atom. The van der Waals surface area contributed by atoms with Gasteiger partial charge in [0.15, 0.2) is 0 Å². The molecule has 5 N–H and O–H groups in total. The third-order valence-electron chi connectivity index (χ3n) is 4.79. The van der Waals surface area contributed by atoms with E-state index in [2.05, 4.69) is 16.0 Å². The summed E-state index contributed by atoms with van der Waals surface area (Å²) >= 11 is 0. The Morgan fingerprint density at radius 3 is 2.48 bits per heavy atom. The van der Waals surface area contributed by atoms with E-state index in [1.54, 1.807) is 12.1 Å². The maximum Gasteiger partial charge on any atom is 0.316 e. The largest absolute Gasteiger partial charge is 0.352 e. The molecule has 0 aromatic heterocycles. The van der Waals surface area contributed by atoms with Gasteiger partial charge in [-0.05, 0) is 55.5 Å². The summed E-state index contributed by atoms with van der Waals surface area (Å²) in [5, 5.41) is 8.88. The maximum atomic E-state index is 12.3. The highest BCUT2D eigenvalue weighted by Gasteiger charge is 2.57. The minimum Gasteiger partial charge on any atom is -0.352 e. The molecule has 23 heavy (non-hydrogen) atoms. The minimum atomic E-state index is -0.581. The zero-order valence-corrected chi connectivity index (χ0v) is 13.7. The number of carbonyl (C=O) groups excluding carboxylic acids is 2. The number of nitrogens with one attached hydrogen (secondary N) is 3. The summed E-state index contributed by atoms with van der Waals surface area (Å²) in [6.07, 6.45) is 3.25. The molecule has 1 saturated heterocycles. The van der Waals surface area contributed by atoms with Crippen molar-refractivity contribution in [3.8, 4) is 0 Å². The zero-order chi connectivity index (χ0) is 15.6. The molecule has 2 fully saturated rings. The van der Waals surface area contributed by atoms with E-state index in [1.807, 2.05) is 12.1 Å². The molecule has 7 heteroatoms. The van der Waals surface area contributed by atoms with Crippen LogP contribution in [0.2, 0.25) is 0 Å². The molecule has 1 heterocycles. The molecular formula is C16H23ClN4O2. The van der Waals surface area contributed by atoms with Gasteiger partial charge in [-0.1, -0.05) is 12.1 Å². The fourth-order valence-electron chi connectivity index (χ4n) is 3.36. The lowest BCUT2D eigenvalue weighted by Gasteiger charge is -2.23. The van der Waals surface area contributed by atoms with Crippen LogP contribution in [0.3, 0.4) is 0 Å². The Bertz CT molecular complexity index is 570. The highest BCUT2D eigenvalue weighted by Crippen LogP contribution is 2.58. The van der Waals surface area contributed by atoms with Gasteiger partial charge in [0.1, 0.15) is 0 Å². The van der Waals surface area contributed by atoms with Crippen molar-refractivity contribution < 1.29 is 9.59 Å². The van der Waals surface area contributed by atoms with E-state index in [-0.39, 0.29) is 29.6 Å². The van der Waals surface area contributed by atoms with Crippen molar-refractivity contribution in [3.05, 3.63) is 29.8 Å². The second-order valence-electron chi connectivity index (χ2n) is 6.27. The van der Waals surface area contributed by atoms with E-state index in [9.17, 15) is 9.59 Å². The number of amides is 3. The molecule has 6 nitrogen and oxygen atoms in total. The molecule has 1 atom stereocenters. The average Bonchev–Trinajstić information content (AvgIpc) is 3.20. The van der Waals surface area contributed by atoms with Gasteiger partial charge < -0.3 is 21.7 Å². The molecule has 1 aromatic carbocycles. The predicted molar refractivity (Wildman–Crippen MR) is 91.4 cm³/mol. The number of piperidine rings is 1. The van der Waals surface area contributed by atoms with Crippen molar-refractivity contribution >= 4 is 30.0 Å². The van der Waals surface area contributed by atoms with E-state index in [4.69, 9.17) is 5.73 Å². The number of halogens is 1. The molecule has 2 aliphatic rings. The monoisotopic (exact) mass is 338 g/mol. The second kappa shape index (κ2) is 7.19. The summed E-state index contributed by atoms with van der Waals surface area (Å²) in [6.45, 7) is 2.57. The van der Waals surface area contributed by atoms with Gasteiger partial charge in [0.25, 0.3) is 0 Å². The molecule has 1 aliphatic carbocycles. The Balaban J connectivity index is 0.00000192. The van der Waals surface area contributed by atoms with Crippen LogP contribution in [0.15, 0.2) is 24.3 Å². The van der Waals surface area contributed by atoms with E-state index in [0.29, 0.717) is 12.2 Å². The molecule has 1 unspecified atom stereocenters. The standard InChI is InChI=1S/C16H22N4O2.ClH/c17-15(22)20-12-3-1-11(2-4-12)10-19-14(21)13-9-16(13)5-7-18-8-6-16;/h1-4,13,18H,5-10H2,(H,19,21)(H3,17,20,22);1H. The Labute approximate surface area is 142 Å². The number of anilines is 1. The van der Waals surface area contributed by atoms with Crippen LogP contribution in [0.25, 0.3) is 0 Å². The number of benzene rings is 1. The molecule has 0 radical (unpaired) electrons. The summed E-state index contributed by atoms with van der Waals surface area (Å²) in [6, 6.07) is 6.72. The number of carbonyl (C=O) groups is 2. The summed E-state index contributed by atoms with van der Waals surface area (Å²) in [5.41, 5.74) is 6.98. The van der Waals surface area contributed by atoms with Gasteiger partial charge in [-0.3, -0.25) is 4.79 Å². The van der Waals surface area contributed by atoms with E-state index in [1.165, 1.54) is 0 Å². The minimum absolute atomic E-state index is 0. The van der Waals surface area contributed by atoms with Gasteiger partial charge in [0.05, 0.1) is 0 Å². The first-order chi connectivity index (χ1) is 10.6. The van der Waals surface area contributed by atoms with Crippen LogP contribution in [0, 0.1) is 11.3 Å². The highest BCUT2D eigenvalue weighted by molar-refractivity contribution is 5.87. The van der Waals surface area contributed by atoms with Crippen LogP contribution >= 0.6 is 12.4 Å². The maximum absolute atomic E-state index is 12.3. The van der Waals surface area contributed by atoms with Crippen molar-refractivity contribution in [2.24, 2.45) is 17.1 Å². The SMILES string of the molecule is Cl.NC(=O)Nc1ccc(CNC(=O)C2CC23CCNCC3)cc1. The van der Waals surface area contributed by atoms with Gasteiger partial charge in [-0.2, -0.15) is 0 Å². The Hall–Kier alpha value is -1.79. The van der Waals surface area contributed by atoms with Crippen molar-refractivity contribution in [1.29, 1.82) is 0 Å². The summed E-state index contributed by atoms with van der Waals surface area (Å²) in [7, 11) is 0. The lowest BCUT2D eigenvalue weighted by molar-refractivity contribution is -0.123. The fourth-order valence-corrected chi connectivity index (χ4v) is 3.36. The average molecular weight is 339 g/mol. The first kappa shape index (κ1) is 17.6. The number of nitrogens with two attached hydrogens (primary N) is 1. The third kappa shape index (κ3) is 4.14. The van der Waals surface area contributed by atoms with E-state index in [0.717, 1.165) is 37.9 Å². The normalized spacial score (nSPS) is 21.1. The van der Waals surface area contributed by atoms with Gasteiger partial charge in [0.2, 0.25) is 5.91 Å². The first-order valence-electron chi connectivity index (χ1n) is 7.73. The number of hydrogen-bond acceptors (Lipinski definition) is 3. The van der Waals surface area contributed by atoms with E-state index >= 15 is 0 Å². The highest BCUT2D eigenvalue weighted by atomic mass is 35.5. The number of hydrogen-bond donors (Lipinski definition) is 4. The van der Waals surface area contributed by atoms with Crippen LogP contribution in [-0.2, 0) is 11.3 Å². The van der Waals surface area contributed by atoms with Gasteiger partial charge >= 0.3 is 6.03 Å². The zero-order valence-electron chi connectivity index (χ0n) is 12.9. The molecule has 1 aromatic rings. The first-order valence-corrected chi connectivity index (χ1v) is 7.73. The fraction of sp³-hybridized carbons (Fsp3) is 0.500. The number of urea groups is 1. The van der Waals surface area contributed by atoms with Crippen LogP contribution in [0.1, 0.15) is 24.8 Å². The second-order valence-corrected chi connectivity index (χ2v) is 6.27. The van der Waals surface area contributed by atoms with Crippen molar-refractivity contribution in [1.82, 2.24) is 10.6 Å². The quantitative estimate of drug-likeness (QED) is 0.671. The molecule has 1 spiro atoms. The Kier molecular flexibility index (Phi) is 5.49. The van der Waals surface area contributed by atoms with Gasteiger partial charge in [0, 0.05) is 18.2 Å². The van der Waals surface area contributed by atoms with E-state index < -0.39 is 6.03 Å². The molecule has 1 aliphatic heterocycles. The molecule has 0 bridgehead atoms. The smallest absolute Gasteiger partial charge is 0.316 e. The van der Waals surface area contributed by atoms with Crippen LogP contribution in [0.5, 0.6) is 0 Å². The van der Waals surface area contributed by atoms with Crippen molar-refractivity contribution in [2.75, 3.05) is 18.4 Å². The van der Waals surface area contributed by atoms with Crippen LogP contribution < -0.4 is 21.7 Å². The summed E-state index contributed by atoms with van der Waals surface area (Å²) in [4.78, 5) is 23.0. The van der Waals surface area contributed by atoms with Crippen molar-refractivity contribution in [2.45, 2.75) is 25.8 Å². The van der Waals surface area contributed by atoms with Gasteiger partial charge in [-0.15, -0.1) is 12.4 Å². The summed E-state index contributed by atoms with van der Waals surface area (Å²) < 4.78 is 0. The number of primary amides is 1. The van der Waals surface area contributed by atoms with Crippen LogP contribution in [0.4, 0.5) is 10.5 Å². The lowest BCUT2D eigenvalue weighted by Crippen LogP contribution is -2.33. The number of rotatable bonds is 4. The summed E-state index contributed by atoms with van der Waals surface area (Å²) in [5.74, 6) is 0.353. The molecule has 1 saturated carbocycles. The molecular weight excluding hydrogens is 316 g/mol. The molecule has 126 valence electrons.